The summed E-state index contributed by atoms with van der Waals surface area (Å²) in [5.41, 5.74) is 1.59. The highest BCUT2D eigenvalue weighted by Crippen LogP contribution is 2.24. The molecule has 168 valence electrons. The lowest BCUT2D eigenvalue weighted by Gasteiger charge is -2.26. The number of ether oxygens (including phenoxy) is 1. The molecule has 1 fully saturated rings. The molecule has 1 aromatic heterocycles. The molecule has 2 aromatic carbocycles. The van der Waals surface area contributed by atoms with Crippen LogP contribution >= 0.6 is 11.6 Å². The van der Waals surface area contributed by atoms with Gasteiger partial charge in [-0.25, -0.2) is 18.1 Å². The van der Waals surface area contributed by atoms with Crippen LogP contribution in [0.4, 0.5) is 11.4 Å². The van der Waals surface area contributed by atoms with Gasteiger partial charge in [-0.2, -0.15) is 9.40 Å². The van der Waals surface area contributed by atoms with Gasteiger partial charge < -0.3 is 15.4 Å². The molecule has 0 saturated carbocycles. The highest BCUT2D eigenvalue weighted by molar-refractivity contribution is 7.89. The lowest BCUT2D eigenvalue weighted by Crippen LogP contribution is -2.40. The molecule has 0 atom stereocenters. The standard InChI is InChI=1S/C20H21ClN6O4S/c21-15-4-5-19(27-14-22-13-24-27)18(10-15)25-20(28)12-23-16-2-1-3-17(11-16)32(29,30)26-6-8-31-9-7-26/h1-5,10-11,13-14,23H,6-9,12H2,(H,25,28). The Labute approximate surface area is 190 Å². The molecule has 4 rings (SSSR count). The number of carbonyl (C=O) groups excluding carboxylic acids is 1. The van der Waals surface area contributed by atoms with E-state index in [2.05, 4.69) is 20.7 Å². The highest BCUT2D eigenvalue weighted by Gasteiger charge is 2.26. The van der Waals surface area contributed by atoms with Crippen LogP contribution in [-0.4, -0.2) is 66.2 Å². The number of anilines is 2. The van der Waals surface area contributed by atoms with Crippen LogP contribution in [0.15, 0.2) is 60.0 Å². The molecule has 0 aliphatic carbocycles. The van der Waals surface area contributed by atoms with Crippen molar-refractivity contribution in [1.82, 2.24) is 19.1 Å². The fourth-order valence-electron chi connectivity index (χ4n) is 3.22. The molecule has 1 saturated heterocycles. The number of halogens is 1. The average molecular weight is 477 g/mol. The Morgan fingerprint density at radius 1 is 1.16 bits per heavy atom. The van der Waals surface area contributed by atoms with Gasteiger partial charge in [0.05, 0.1) is 36.0 Å². The number of hydrogen-bond donors (Lipinski definition) is 2. The molecule has 0 bridgehead atoms. The van der Waals surface area contributed by atoms with E-state index in [1.165, 1.54) is 33.8 Å². The number of aromatic nitrogens is 3. The fraction of sp³-hybridized carbons (Fsp3) is 0.250. The van der Waals surface area contributed by atoms with Crippen LogP contribution in [0.1, 0.15) is 0 Å². The third kappa shape index (κ3) is 5.07. The Morgan fingerprint density at radius 2 is 1.97 bits per heavy atom. The highest BCUT2D eigenvalue weighted by atomic mass is 35.5. The van der Waals surface area contributed by atoms with Gasteiger partial charge >= 0.3 is 0 Å². The summed E-state index contributed by atoms with van der Waals surface area (Å²) >= 11 is 6.08. The Bertz CT molecular complexity index is 1200. The minimum absolute atomic E-state index is 0.0790. The minimum atomic E-state index is -3.62. The van der Waals surface area contributed by atoms with Crippen LogP contribution in [0.2, 0.25) is 5.02 Å². The van der Waals surface area contributed by atoms with Crippen molar-refractivity contribution in [2.45, 2.75) is 4.90 Å². The maximum Gasteiger partial charge on any atom is 0.243 e. The van der Waals surface area contributed by atoms with E-state index in [4.69, 9.17) is 16.3 Å². The molecular weight excluding hydrogens is 456 g/mol. The predicted octanol–water partition coefficient (Wildman–Crippen LogP) is 1.99. The average Bonchev–Trinajstić information content (AvgIpc) is 3.33. The van der Waals surface area contributed by atoms with Crippen molar-refractivity contribution >= 4 is 38.9 Å². The molecule has 10 nitrogen and oxygen atoms in total. The number of sulfonamides is 1. The minimum Gasteiger partial charge on any atom is -0.379 e. The third-order valence-electron chi connectivity index (χ3n) is 4.79. The second kappa shape index (κ2) is 9.65. The first-order valence-corrected chi connectivity index (χ1v) is 11.6. The predicted molar refractivity (Wildman–Crippen MR) is 120 cm³/mol. The van der Waals surface area contributed by atoms with Crippen molar-refractivity contribution in [2.75, 3.05) is 43.5 Å². The van der Waals surface area contributed by atoms with Crippen molar-refractivity contribution < 1.29 is 17.9 Å². The molecule has 0 spiro atoms. The molecule has 2 N–H and O–H groups in total. The van der Waals surface area contributed by atoms with Crippen LogP contribution < -0.4 is 10.6 Å². The number of amides is 1. The maximum absolute atomic E-state index is 12.8. The van der Waals surface area contributed by atoms with E-state index >= 15 is 0 Å². The Morgan fingerprint density at radius 3 is 2.72 bits per heavy atom. The summed E-state index contributed by atoms with van der Waals surface area (Å²) in [6, 6.07) is 11.4. The molecule has 1 amide bonds. The van der Waals surface area contributed by atoms with Crippen molar-refractivity contribution in [3.05, 3.63) is 60.1 Å². The maximum atomic E-state index is 12.8. The quantitative estimate of drug-likeness (QED) is 0.535. The molecule has 32 heavy (non-hydrogen) atoms. The molecule has 1 aliphatic rings. The van der Waals surface area contributed by atoms with E-state index in [1.807, 2.05) is 0 Å². The summed E-state index contributed by atoms with van der Waals surface area (Å²) in [6.07, 6.45) is 2.90. The number of hydrogen-bond acceptors (Lipinski definition) is 7. The van der Waals surface area contributed by atoms with Crippen molar-refractivity contribution in [1.29, 1.82) is 0 Å². The molecule has 2 heterocycles. The van der Waals surface area contributed by atoms with Crippen molar-refractivity contribution in [3.8, 4) is 5.69 Å². The smallest absolute Gasteiger partial charge is 0.243 e. The summed E-state index contributed by atoms with van der Waals surface area (Å²) in [7, 11) is -3.62. The van der Waals surface area contributed by atoms with Gasteiger partial charge in [-0.1, -0.05) is 17.7 Å². The van der Waals surface area contributed by atoms with Gasteiger partial charge in [-0.3, -0.25) is 4.79 Å². The Balaban J connectivity index is 1.43. The first kappa shape index (κ1) is 22.2. The second-order valence-corrected chi connectivity index (χ2v) is 9.32. The first-order chi connectivity index (χ1) is 15.4. The lowest BCUT2D eigenvalue weighted by atomic mass is 10.2. The second-order valence-electron chi connectivity index (χ2n) is 6.95. The van der Waals surface area contributed by atoms with Gasteiger partial charge in [-0.15, -0.1) is 0 Å². The number of nitrogens with one attached hydrogen (secondary N) is 2. The Kier molecular flexibility index (Phi) is 6.70. The summed E-state index contributed by atoms with van der Waals surface area (Å²) in [4.78, 5) is 16.6. The van der Waals surface area contributed by atoms with Crippen LogP contribution in [0, 0.1) is 0 Å². The van der Waals surface area contributed by atoms with Gasteiger partial charge in [0.15, 0.2) is 0 Å². The number of carbonyl (C=O) groups is 1. The van der Waals surface area contributed by atoms with E-state index < -0.39 is 10.0 Å². The molecule has 3 aromatic rings. The normalized spacial score (nSPS) is 14.8. The van der Waals surface area contributed by atoms with Crippen LogP contribution in [0.3, 0.4) is 0 Å². The van der Waals surface area contributed by atoms with E-state index in [0.29, 0.717) is 48.4 Å². The van der Waals surface area contributed by atoms with Crippen molar-refractivity contribution in [3.63, 3.8) is 0 Å². The molecule has 1 aliphatic heterocycles. The number of nitrogens with zero attached hydrogens (tertiary/aromatic N) is 4. The lowest BCUT2D eigenvalue weighted by molar-refractivity contribution is -0.114. The summed E-state index contributed by atoms with van der Waals surface area (Å²) < 4.78 is 33.8. The third-order valence-corrected chi connectivity index (χ3v) is 6.92. The van der Waals surface area contributed by atoms with Crippen LogP contribution in [0.25, 0.3) is 5.69 Å². The zero-order valence-electron chi connectivity index (χ0n) is 16.9. The number of morpholine rings is 1. The van der Waals surface area contributed by atoms with Gasteiger partial charge in [-0.05, 0) is 36.4 Å². The van der Waals surface area contributed by atoms with Crippen LogP contribution in [-0.2, 0) is 19.6 Å². The first-order valence-electron chi connectivity index (χ1n) is 9.80. The number of rotatable bonds is 7. The zero-order valence-corrected chi connectivity index (χ0v) is 18.5. The van der Waals surface area contributed by atoms with E-state index in [-0.39, 0.29) is 17.3 Å². The SMILES string of the molecule is O=C(CNc1cccc(S(=O)(=O)N2CCOCC2)c1)Nc1cc(Cl)ccc1-n1cncn1. The van der Waals surface area contributed by atoms with Crippen molar-refractivity contribution in [2.24, 2.45) is 0 Å². The summed E-state index contributed by atoms with van der Waals surface area (Å²) in [6.45, 7) is 1.30. The van der Waals surface area contributed by atoms with E-state index in [0.717, 1.165) is 0 Å². The number of benzene rings is 2. The topological polar surface area (TPSA) is 118 Å². The van der Waals surface area contributed by atoms with Gasteiger partial charge in [0.25, 0.3) is 0 Å². The van der Waals surface area contributed by atoms with Gasteiger partial charge in [0, 0.05) is 23.8 Å². The van der Waals surface area contributed by atoms with Gasteiger partial charge in [0.1, 0.15) is 12.7 Å². The fourth-order valence-corrected chi connectivity index (χ4v) is 4.85. The molecule has 0 unspecified atom stereocenters. The summed E-state index contributed by atoms with van der Waals surface area (Å²) in [5, 5.41) is 10.3. The molecule has 0 radical (unpaired) electrons. The zero-order chi connectivity index (χ0) is 22.6. The molecular formula is C20H21ClN6O4S. The summed E-state index contributed by atoms with van der Waals surface area (Å²) in [5.74, 6) is -0.338. The molecule has 12 heteroatoms. The van der Waals surface area contributed by atoms with Crippen LogP contribution in [0.5, 0.6) is 0 Å². The monoisotopic (exact) mass is 476 g/mol. The Hall–Kier alpha value is -2.99. The van der Waals surface area contributed by atoms with E-state index in [1.54, 1.807) is 30.3 Å². The van der Waals surface area contributed by atoms with E-state index in [9.17, 15) is 13.2 Å². The largest absolute Gasteiger partial charge is 0.379 e. The van der Waals surface area contributed by atoms with Gasteiger partial charge in [0.2, 0.25) is 15.9 Å².